The number of fused-ring (bicyclic) bond motifs is 12. The molecule has 0 radical (unpaired) electrons. The molecular weight excluding hydrogens is 567 g/mol. The Kier molecular flexibility index (Phi) is 5.11. The normalized spacial score (nSPS) is 18.8. The van der Waals surface area contributed by atoms with Gasteiger partial charge in [0.1, 0.15) is 0 Å². The van der Waals surface area contributed by atoms with Crippen LogP contribution in [-0.4, -0.2) is 19.8 Å². The first-order chi connectivity index (χ1) is 22.1. The van der Waals surface area contributed by atoms with Crippen LogP contribution in [-0.2, 0) is 5.41 Å². The summed E-state index contributed by atoms with van der Waals surface area (Å²) in [6, 6.07) is 37.2. The number of nitrogens with zero attached hydrogens (tertiary/aromatic N) is 3. The van der Waals surface area contributed by atoms with E-state index in [0.29, 0.717) is 11.2 Å². The lowest BCUT2D eigenvalue weighted by Gasteiger charge is -2.21. The number of allylic oxidation sites excluding steroid dienone is 3. The molecule has 2 atom stereocenters. The second-order valence-corrected chi connectivity index (χ2v) is 14.1. The van der Waals surface area contributed by atoms with Crippen molar-refractivity contribution in [2.45, 2.75) is 35.3 Å². The number of benzene rings is 5. The number of thioether (sulfide) groups is 1. The molecule has 3 nitrogen and oxygen atoms in total. The van der Waals surface area contributed by atoms with Gasteiger partial charge in [-0.1, -0.05) is 135 Å². The van der Waals surface area contributed by atoms with Crippen molar-refractivity contribution in [3.05, 3.63) is 144 Å². The lowest BCUT2D eigenvalue weighted by atomic mass is 9.81. The minimum absolute atomic E-state index is 0.161. The summed E-state index contributed by atoms with van der Waals surface area (Å²) in [4.78, 5) is 12.4. The number of aromatic nitrogens is 3. The lowest BCUT2D eigenvalue weighted by molar-refractivity contribution is 0.666. The molecule has 4 heteroatoms. The second-order valence-electron chi connectivity index (χ2n) is 12.9. The molecule has 2 unspecified atom stereocenters. The Morgan fingerprint density at radius 3 is 2.40 bits per heavy atom. The quantitative estimate of drug-likeness (QED) is 0.186. The smallest absolute Gasteiger partial charge is 0.235 e. The van der Waals surface area contributed by atoms with Crippen molar-refractivity contribution in [3.63, 3.8) is 0 Å². The van der Waals surface area contributed by atoms with Gasteiger partial charge in [0.15, 0.2) is 0 Å². The summed E-state index contributed by atoms with van der Waals surface area (Å²) in [7, 11) is 0. The van der Waals surface area contributed by atoms with Gasteiger partial charge in [0.2, 0.25) is 5.95 Å². The van der Waals surface area contributed by atoms with Crippen LogP contribution in [0, 0.1) is 0 Å². The summed E-state index contributed by atoms with van der Waals surface area (Å²) in [5.74, 6) is 1.10. The van der Waals surface area contributed by atoms with E-state index in [-0.39, 0.29) is 5.41 Å². The predicted molar refractivity (Wildman–Crippen MR) is 188 cm³/mol. The van der Waals surface area contributed by atoms with E-state index in [1.165, 1.54) is 49.1 Å². The Hall–Kier alpha value is -4.93. The number of hydrogen-bond donors (Lipinski definition) is 0. The molecule has 0 fully saturated rings. The Morgan fingerprint density at radius 2 is 1.49 bits per heavy atom. The van der Waals surface area contributed by atoms with Gasteiger partial charge in [0, 0.05) is 48.8 Å². The van der Waals surface area contributed by atoms with Crippen molar-refractivity contribution in [3.8, 4) is 28.5 Å². The van der Waals surface area contributed by atoms with E-state index in [9.17, 15) is 0 Å². The molecule has 1 aliphatic heterocycles. The second kappa shape index (κ2) is 9.06. The molecule has 214 valence electrons. The highest BCUT2D eigenvalue weighted by molar-refractivity contribution is 8.00. The maximum Gasteiger partial charge on any atom is 0.235 e. The van der Waals surface area contributed by atoms with E-state index in [0.717, 1.165) is 33.5 Å². The van der Waals surface area contributed by atoms with E-state index < -0.39 is 0 Å². The van der Waals surface area contributed by atoms with Crippen LogP contribution in [0.2, 0.25) is 0 Å². The molecule has 5 aromatic carbocycles. The standard InChI is InChI=1S/C41H29N3S/c1-41(2)32-18-10-8-17-29(32)37-34(41)30-23-22-28-27-16-9-11-19-33(27)45-39(28)38(30)44(37)40-42-35(25-13-4-3-5-14-25)31-21-20-24-12-6-7-15-26(24)36(31)43-40/h3-23,27,33H,1-2H3. The Morgan fingerprint density at radius 1 is 0.711 bits per heavy atom. The van der Waals surface area contributed by atoms with E-state index >= 15 is 0 Å². The zero-order valence-electron chi connectivity index (χ0n) is 25.0. The van der Waals surface area contributed by atoms with Crippen LogP contribution in [0.5, 0.6) is 0 Å². The zero-order valence-corrected chi connectivity index (χ0v) is 25.8. The van der Waals surface area contributed by atoms with Gasteiger partial charge in [0.05, 0.1) is 22.4 Å². The fourth-order valence-electron chi connectivity index (χ4n) is 8.09. The largest absolute Gasteiger partial charge is 0.276 e. The summed E-state index contributed by atoms with van der Waals surface area (Å²) in [5.41, 5.74) is 10.7. The molecule has 0 saturated heterocycles. The maximum absolute atomic E-state index is 5.51. The topological polar surface area (TPSA) is 30.7 Å². The van der Waals surface area contributed by atoms with E-state index in [2.05, 4.69) is 146 Å². The van der Waals surface area contributed by atoms with Crippen LogP contribution in [0.15, 0.2) is 132 Å². The van der Waals surface area contributed by atoms with Crippen molar-refractivity contribution in [2.24, 2.45) is 0 Å². The third-order valence-electron chi connectivity index (χ3n) is 10.1. The predicted octanol–water partition coefficient (Wildman–Crippen LogP) is 10.4. The third-order valence-corrected chi connectivity index (χ3v) is 11.5. The third kappa shape index (κ3) is 3.38. The van der Waals surface area contributed by atoms with Crippen LogP contribution in [0.4, 0.5) is 0 Å². The van der Waals surface area contributed by atoms with Crippen molar-refractivity contribution >= 4 is 44.3 Å². The van der Waals surface area contributed by atoms with E-state index in [1.54, 1.807) is 0 Å². The highest BCUT2D eigenvalue weighted by Crippen LogP contribution is 2.58. The highest BCUT2D eigenvalue weighted by atomic mass is 32.2. The summed E-state index contributed by atoms with van der Waals surface area (Å²) in [5, 5.41) is 5.09. The van der Waals surface area contributed by atoms with Gasteiger partial charge in [-0.25, -0.2) is 9.97 Å². The van der Waals surface area contributed by atoms with E-state index in [1.807, 2.05) is 11.8 Å². The van der Waals surface area contributed by atoms with Gasteiger partial charge in [-0.15, -0.1) is 11.8 Å². The molecule has 0 bridgehead atoms. The van der Waals surface area contributed by atoms with Gasteiger partial charge in [0.25, 0.3) is 0 Å². The average Bonchev–Trinajstić information content (AvgIpc) is 3.71. The molecule has 45 heavy (non-hydrogen) atoms. The summed E-state index contributed by atoms with van der Waals surface area (Å²) in [6.45, 7) is 4.74. The van der Waals surface area contributed by atoms with Crippen molar-refractivity contribution in [1.29, 1.82) is 0 Å². The Balaban J connectivity index is 1.39. The minimum Gasteiger partial charge on any atom is -0.276 e. The molecule has 10 rings (SSSR count). The Labute approximate surface area is 266 Å². The van der Waals surface area contributed by atoms with Crippen LogP contribution in [0.3, 0.4) is 0 Å². The first-order valence-electron chi connectivity index (χ1n) is 15.7. The van der Waals surface area contributed by atoms with Gasteiger partial charge in [-0.2, -0.15) is 0 Å². The number of rotatable bonds is 2. The minimum atomic E-state index is -0.161. The first-order valence-corrected chi connectivity index (χ1v) is 16.6. The molecular formula is C41H29N3S. The molecule has 0 saturated carbocycles. The Bertz CT molecular complexity index is 2450. The van der Waals surface area contributed by atoms with Crippen molar-refractivity contribution in [1.82, 2.24) is 14.5 Å². The first kappa shape index (κ1) is 25.4. The average molecular weight is 596 g/mol. The van der Waals surface area contributed by atoms with Crippen LogP contribution < -0.4 is 0 Å². The number of hydrogen-bond acceptors (Lipinski definition) is 3. The van der Waals surface area contributed by atoms with Gasteiger partial charge >= 0.3 is 0 Å². The summed E-state index contributed by atoms with van der Waals surface area (Å²) in [6.07, 6.45) is 9.11. The lowest BCUT2D eigenvalue weighted by Crippen LogP contribution is -2.14. The van der Waals surface area contributed by atoms with Gasteiger partial charge in [-0.05, 0) is 28.1 Å². The summed E-state index contributed by atoms with van der Waals surface area (Å²) >= 11 is 1.99. The van der Waals surface area contributed by atoms with Crippen LogP contribution in [0.1, 0.15) is 36.5 Å². The summed E-state index contributed by atoms with van der Waals surface area (Å²) < 4.78 is 2.42. The molecule has 3 heterocycles. The monoisotopic (exact) mass is 595 g/mol. The molecule has 7 aromatic rings. The van der Waals surface area contributed by atoms with Crippen molar-refractivity contribution in [2.75, 3.05) is 0 Å². The highest BCUT2D eigenvalue weighted by Gasteiger charge is 2.43. The van der Waals surface area contributed by atoms with Crippen LogP contribution in [0.25, 0.3) is 61.0 Å². The molecule has 3 aliphatic rings. The SMILES string of the molecule is CC1(C)c2ccccc2-c2c1c1ccc3c(c1n2-c1nc(-c2ccccc2)c2ccc4ccccc4c2n1)SC1C=CC=CC31. The molecule has 0 spiro atoms. The van der Waals surface area contributed by atoms with Gasteiger partial charge in [-0.3, -0.25) is 4.57 Å². The maximum atomic E-state index is 5.51. The fourth-order valence-corrected chi connectivity index (χ4v) is 9.57. The van der Waals surface area contributed by atoms with Gasteiger partial charge < -0.3 is 0 Å². The van der Waals surface area contributed by atoms with Crippen molar-refractivity contribution < 1.29 is 0 Å². The molecule has 2 aliphatic carbocycles. The molecule has 2 aromatic heterocycles. The zero-order chi connectivity index (χ0) is 29.9. The van der Waals surface area contributed by atoms with E-state index in [4.69, 9.17) is 9.97 Å². The molecule has 0 amide bonds. The van der Waals surface area contributed by atoms with Crippen LogP contribution >= 0.6 is 11.8 Å². The molecule has 0 N–H and O–H groups in total. The fraction of sp³-hybridized carbons (Fsp3) is 0.122.